The van der Waals surface area contributed by atoms with Crippen LogP contribution in [-0.4, -0.2) is 48.7 Å². The number of ether oxygens (including phenoxy) is 1. The minimum Gasteiger partial charge on any atom is -0.478 e. The van der Waals surface area contributed by atoms with E-state index in [4.69, 9.17) is 4.74 Å². The number of allylic oxidation sites excluding steroid dienone is 4. The molecular formula is C22H33NO4. The molecule has 0 amide bonds. The largest absolute Gasteiger partial charge is 0.478 e. The summed E-state index contributed by atoms with van der Waals surface area (Å²) in [6.45, 7) is 4.83. The van der Waals surface area contributed by atoms with Crippen molar-refractivity contribution in [3.8, 4) is 0 Å². The molecule has 1 aliphatic carbocycles. The molecule has 5 heteroatoms. The third-order valence-corrected chi connectivity index (χ3v) is 5.49. The van der Waals surface area contributed by atoms with Crippen molar-refractivity contribution in [2.45, 2.75) is 58.5 Å². The van der Waals surface area contributed by atoms with Gasteiger partial charge in [-0.3, -0.25) is 4.79 Å². The molecule has 2 rings (SSSR count). The lowest BCUT2D eigenvalue weighted by Crippen LogP contribution is -2.30. The van der Waals surface area contributed by atoms with Crippen molar-refractivity contribution < 1.29 is 19.4 Å². The smallest absolute Gasteiger partial charge is 0.331 e. The van der Waals surface area contributed by atoms with Gasteiger partial charge in [-0.1, -0.05) is 23.3 Å². The molecule has 0 bridgehead atoms. The van der Waals surface area contributed by atoms with Gasteiger partial charge in [0.1, 0.15) is 6.10 Å². The fourth-order valence-corrected chi connectivity index (χ4v) is 3.94. The van der Waals surface area contributed by atoms with Crippen LogP contribution < -0.4 is 0 Å². The highest BCUT2D eigenvalue weighted by Crippen LogP contribution is 2.35. The average Bonchev–Trinajstić information content (AvgIpc) is 2.85. The highest BCUT2D eigenvalue weighted by Gasteiger charge is 2.43. The van der Waals surface area contributed by atoms with E-state index in [1.54, 1.807) is 0 Å². The monoisotopic (exact) mass is 375 g/mol. The molecule has 0 aromatic heterocycles. The Morgan fingerprint density at radius 2 is 1.85 bits per heavy atom. The number of hydrogen-bond acceptors (Lipinski definition) is 4. The number of rotatable bonds is 3. The van der Waals surface area contributed by atoms with Crippen LogP contribution >= 0.6 is 0 Å². The molecule has 3 atom stereocenters. The summed E-state index contributed by atoms with van der Waals surface area (Å²) in [5, 5.41) is 9.36. The Kier molecular flexibility index (Phi) is 7.84. The Labute approximate surface area is 162 Å². The summed E-state index contributed by atoms with van der Waals surface area (Å²) in [6, 6.07) is 0. The van der Waals surface area contributed by atoms with Crippen LogP contribution in [0.25, 0.3) is 0 Å². The summed E-state index contributed by atoms with van der Waals surface area (Å²) < 4.78 is 5.73. The van der Waals surface area contributed by atoms with Crippen molar-refractivity contribution >= 4 is 11.9 Å². The first-order chi connectivity index (χ1) is 12.8. The van der Waals surface area contributed by atoms with Gasteiger partial charge in [-0.05, 0) is 72.5 Å². The molecule has 0 unspecified atom stereocenters. The molecule has 0 radical (unpaired) electrons. The van der Waals surface area contributed by atoms with E-state index in [0.717, 1.165) is 31.3 Å². The van der Waals surface area contributed by atoms with Gasteiger partial charge in [-0.2, -0.15) is 0 Å². The van der Waals surface area contributed by atoms with Crippen LogP contribution in [0, 0.1) is 11.8 Å². The summed E-state index contributed by atoms with van der Waals surface area (Å²) in [6.07, 6.45) is 10.5. The molecule has 1 saturated heterocycles. The van der Waals surface area contributed by atoms with E-state index in [0.29, 0.717) is 25.0 Å². The summed E-state index contributed by atoms with van der Waals surface area (Å²) in [4.78, 5) is 25.9. The highest BCUT2D eigenvalue weighted by atomic mass is 16.6. The number of aliphatic carboxylic acids is 1. The number of carboxylic acid groups (broad SMARTS) is 1. The Bertz CT molecular complexity index is 645. The Morgan fingerprint density at radius 3 is 2.52 bits per heavy atom. The molecule has 1 heterocycles. The molecular weight excluding hydrogens is 342 g/mol. The first kappa shape index (κ1) is 21.4. The molecule has 1 fully saturated rings. The normalized spacial score (nSPS) is 33.6. The van der Waals surface area contributed by atoms with Crippen molar-refractivity contribution in [2.24, 2.45) is 11.8 Å². The van der Waals surface area contributed by atoms with Gasteiger partial charge in [0.15, 0.2) is 0 Å². The van der Waals surface area contributed by atoms with Gasteiger partial charge in [-0.15, -0.1) is 0 Å². The van der Waals surface area contributed by atoms with Gasteiger partial charge in [0.2, 0.25) is 0 Å². The minimum absolute atomic E-state index is 0.0896. The van der Waals surface area contributed by atoms with Crippen LogP contribution in [0.4, 0.5) is 0 Å². The number of carbonyl (C=O) groups excluding carboxylic acids is 1. The lowest BCUT2D eigenvalue weighted by Gasteiger charge is -2.22. The Morgan fingerprint density at radius 1 is 1.15 bits per heavy atom. The molecule has 1 aliphatic heterocycles. The zero-order chi connectivity index (χ0) is 20.0. The van der Waals surface area contributed by atoms with Gasteiger partial charge in [-0.25, -0.2) is 4.79 Å². The predicted octanol–water partition coefficient (Wildman–Crippen LogP) is 3.96. The molecule has 150 valence electrons. The van der Waals surface area contributed by atoms with Gasteiger partial charge in [0, 0.05) is 18.0 Å². The maximum atomic E-state index is 12.5. The molecule has 2 aliphatic rings. The van der Waals surface area contributed by atoms with E-state index in [-0.39, 0.29) is 23.9 Å². The van der Waals surface area contributed by atoms with Crippen LogP contribution in [0.3, 0.4) is 0 Å². The molecule has 0 aromatic rings. The van der Waals surface area contributed by atoms with Crippen molar-refractivity contribution in [3.63, 3.8) is 0 Å². The number of nitrogens with zero attached hydrogens (tertiary/aromatic N) is 1. The minimum atomic E-state index is -0.828. The lowest BCUT2D eigenvalue weighted by molar-refractivity contribution is -0.143. The first-order valence-electron chi connectivity index (χ1n) is 9.88. The zero-order valence-corrected chi connectivity index (χ0v) is 17.0. The highest BCUT2D eigenvalue weighted by molar-refractivity contribution is 5.86. The SMILES string of the molecule is C/C1=C\[C@H]2OC(=O)[C@@H](CN(C)C)[C@@H]2CC/C(C)=C/CC/C(C(=O)O)=C\CC1. The van der Waals surface area contributed by atoms with Gasteiger partial charge < -0.3 is 14.7 Å². The number of fused-ring (bicyclic) bond motifs is 1. The van der Waals surface area contributed by atoms with E-state index >= 15 is 0 Å². The maximum Gasteiger partial charge on any atom is 0.331 e. The van der Waals surface area contributed by atoms with E-state index in [9.17, 15) is 14.7 Å². The van der Waals surface area contributed by atoms with E-state index in [2.05, 4.69) is 24.0 Å². The second kappa shape index (κ2) is 9.88. The number of carboxylic acids is 1. The van der Waals surface area contributed by atoms with Gasteiger partial charge in [0.25, 0.3) is 0 Å². The summed E-state index contributed by atoms with van der Waals surface area (Å²) in [5.41, 5.74) is 2.88. The molecule has 1 N–H and O–H groups in total. The van der Waals surface area contributed by atoms with Crippen molar-refractivity contribution in [1.82, 2.24) is 4.90 Å². The van der Waals surface area contributed by atoms with Crippen molar-refractivity contribution in [2.75, 3.05) is 20.6 Å². The summed E-state index contributed by atoms with van der Waals surface area (Å²) in [5.74, 6) is -0.826. The number of esters is 1. The third kappa shape index (κ3) is 6.35. The standard InChI is InChI=1S/C22H33NO4/c1-15-7-5-9-17(21(24)25)10-6-8-16(2)13-20-18(12-11-15)19(14-23(3)4)22(26)27-20/h7,10,13,18-20H,5-6,8-9,11-12,14H2,1-4H3,(H,24,25)/b15-7+,16-13+,17-10+/t18-,19-,20+/m0/s1. The van der Waals surface area contributed by atoms with Crippen LogP contribution in [0.2, 0.25) is 0 Å². The van der Waals surface area contributed by atoms with Crippen molar-refractivity contribution in [1.29, 1.82) is 0 Å². The first-order valence-corrected chi connectivity index (χ1v) is 9.88. The molecule has 0 saturated carbocycles. The average molecular weight is 376 g/mol. The molecule has 0 aromatic carbocycles. The quantitative estimate of drug-likeness (QED) is 0.597. The van der Waals surface area contributed by atoms with Crippen LogP contribution in [-0.2, 0) is 14.3 Å². The molecule has 5 nitrogen and oxygen atoms in total. The zero-order valence-electron chi connectivity index (χ0n) is 17.0. The third-order valence-electron chi connectivity index (χ3n) is 5.49. The Hall–Kier alpha value is -1.88. The lowest BCUT2D eigenvalue weighted by atomic mass is 9.84. The maximum absolute atomic E-state index is 12.5. The van der Waals surface area contributed by atoms with Crippen LogP contribution in [0.1, 0.15) is 52.4 Å². The van der Waals surface area contributed by atoms with E-state index < -0.39 is 5.97 Å². The van der Waals surface area contributed by atoms with Gasteiger partial charge >= 0.3 is 11.9 Å². The summed E-state index contributed by atoms with van der Waals surface area (Å²) in [7, 11) is 3.98. The second-order valence-electron chi connectivity index (χ2n) is 8.15. The second-order valence-corrected chi connectivity index (χ2v) is 8.15. The molecule has 27 heavy (non-hydrogen) atoms. The van der Waals surface area contributed by atoms with E-state index in [1.165, 1.54) is 5.57 Å². The summed E-state index contributed by atoms with van der Waals surface area (Å²) >= 11 is 0. The van der Waals surface area contributed by atoms with Gasteiger partial charge in [0.05, 0.1) is 5.92 Å². The van der Waals surface area contributed by atoms with Crippen LogP contribution in [0.15, 0.2) is 34.9 Å². The Balaban J connectivity index is 2.25. The van der Waals surface area contributed by atoms with Crippen LogP contribution in [0.5, 0.6) is 0 Å². The van der Waals surface area contributed by atoms with E-state index in [1.807, 2.05) is 27.1 Å². The fourth-order valence-electron chi connectivity index (χ4n) is 3.94. The predicted molar refractivity (Wildman–Crippen MR) is 106 cm³/mol. The van der Waals surface area contributed by atoms with Crippen molar-refractivity contribution in [3.05, 3.63) is 34.9 Å². The number of carbonyl (C=O) groups is 2. The fraction of sp³-hybridized carbons (Fsp3) is 0.636. The topological polar surface area (TPSA) is 66.8 Å². The molecule has 0 spiro atoms. The number of hydrogen-bond donors (Lipinski definition) is 1.